The second kappa shape index (κ2) is 4.53. The van der Waals surface area contributed by atoms with Gasteiger partial charge in [-0.2, -0.15) is 0 Å². The van der Waals surface area contributed by atoms with Crippen LogP contribution in [0.2, 0.25) is 0 Å². The predicted molar refractivity (Wildman–Crippen MR) is 71.9 cm³/mol. The van der Waals surface area contributed by atoms with Gasteiger partial charge in [0.2, 0.25) is 0 Å². The Morgan fingerprint density at radius 2 is 2.06 bits per heavy atom. The molecule has 2 N–H and O–H groups in total. The van der Waals surface area contributed by atoms with Gasteiger partial charge in [0, 0.05) is 12.0 Å². The molecule has 2 aromatic rings. The number of H-pyrrole nitrogens is 1. The van der Waals surface area contributed by atoms with Crippen LogP contribution in [-0.2, 0) is 11.8 Å². The largest absolute Gasteiger partial charge is 0.396 e. The summed E-state index contributed by atoms with van der Waals surface area (Å²) in [6.45, 7) is 6.05. The average Bonchev–Trinajstić information content (AvgIpc) is 2.28. The summed E-state index contributed by atoms with van der Waals surface area (Å²) in [5, 5.41) is 9.60. The van der Waals surface area contributed by atoms with E-state index < -0.39 is 0 Å². The van der Waals surface area contributed by atoms with E-state index in [0.29, 0.717) is 23.1 Å². The molecule has 0 atom stereocenters. The maximum absolute atomic E-state index is 12.2. The molecule has 0 aliphatic rings. The second-order valence-corrected chi connectivity index (χ2v) is 5.45. The van der Waals surface area contributed by atoms with Crippen molar-refractivity contribution in [1.82, 2.24) is 9.97 Å². The molecule has 0 radical (unpaired) electrons. The first kappa shape index (κ1) is 12.8. The first-order chi connectivity index (χ1) is 8.43. The van der Waals surface area contributed by atoms with Crippen LogP contribution in [0.5, 0.6) is 0 Å². The first-order valence-corrected chi connectivity index (χ1v) is 6.07. The maximum Gasteiger partial charge on any atom is 0.259 e. The summed E-state index contributed by atoms with van der Waals surface area (Å²) >= 11 is 0. The first-order valence-electron chi connectivity index (χ1n) is 6.07. The summed E-state index contributed by atoms with van der Waals surface area (Å²) in [7, 11) is 0. The van der Waals surface area contributed by atoms with Gasteiger partial charge >= 0.3 is 0 Å². The number of aliphatic hydroxyl groups excluding tert-OH is 1. The summed E-state index contributed by atoms with van der Waals surface area (Å²) in [6.07, 6.45) is 0.469. The molecule has 0 saturated carbocycles. The van der Waals surface area contributed by atoms with Gasteiger partial charge in [0.15, 0.2) is 0 Å². The Labute approximate surface area is 106 Å². The molecule has 2 rings (SSSR count). The molecule has 4 heteroatoms. The molecule has 18 heavy (non-hydrogen) atoms. The van der Waals surface area contributed by atoms with E-state index in [9.17, 15) is 4.79 Å². The van der Waals surface area contributed by atoms with Crippen LogP contribution in [0.15, 0.2) is 23.0 Å². The number of aliphatic hydroxyl groups is 1. The fourth-order valence-corrected chi connectivity index (χ4v) is 1.94. The minimum atomic E-state index is -0.194. The molecule has 0 saturated heterocycles. The number of nitrogens with one attached hydrogen (secondary N) is 1. The van der Waals surface area contributed by atoms with Gasteiger partial charge in [-0.05, 0) is 18.1 Å². The van der Waals surface area contributed by atoms with E-state index in [1.165, 1.54) is 0 Å². The van der Waals surface area contributed by atoms with Crippen LogP contribution >= 0.6 is 0 Å². The van der Waals surface area contributed by atoms with Crippen molar-refractivity contribution in [3.05, 3.63) is 39.9 Å². The minimum absolute atomic E-state index is 0.0274. The normalized spacial score (nSPS) is 12.0. The Kier molecular flexibility index (Phi) is 3.22. The van der Waals surface area contributed by atoms with E-state index in [1.54, 1.807) is 0 Å². The minimum Gasteiger partial charge on any atom is -0.396 e. The van der Waals surface area contributed by atoms with Crippen LogP contribution in [0.4, 0.5) is 0 Å². The number of hydrogen-bond donors (Lipinski definition) is 2. The highest BCUT2D eigenvalue weighted by Crippen LogP contribution is 2.20. The Hall–Kier alpha value is -1.68. The molecule has 0 aliphatic heterocycles. The summed E-state index contributed by atoms with van der Waals surface area (Å²) < 4.78 is 0. The second-order valence-electron chi connectivity index (χ2n) is 5.45. The Balaban J connectivity index is 2.73. The molecule has 1 aromatic carbocycles. The zero-order valence-electron chi connectivity index (χ0n) is 10.9. The van der Waals surface area contributed by atoms with E-state index in [1.807, 2.05) is 39.0 Å². The molecule has 1 aromatic heterocycles. The lowest BCUT2D eigenvalue weighted by molar-refractivity contribution is 0.300. The van der Waals surface area contributed by atoms with Crippen molar-refractivity contribution < 1.29 is 5.11 Å². The van der Waals surface area contributed by atoms with Crippen molar-refractivity contribution in [1.29, 1.82) is 0 Å². The van der Waals surface area contributed by atoms with E-state index in [4.69, 9.17) is 5.11 Å². The molecule has 1 heterocycles. The van der Waals surface area contributed by atoms with Crippen molar-refractivity contribution >= 4 is 10.9 Å². The Bertz CT molecular complexity index is 624. The smallest absolute Gasteiger partial charge is 0.259 e. The van der Waals surface area contributed by atoms with Crippen LogP contribution < -0.4 is 5.56 Å². The van der Waals surface area contributed by atoms with E-state index >= 15 is 0 Å². The van der Waals surface area contributed by atoms with Crippen molar-refractivity contribution in [3.63, 3.8) is 0 Å². The average molecular weight is 246 g/mol. The zero-order chi connectivity index (χ0) is 13.3. The van der Waals surface area contributed by atoms with Crippen LogP contribution in [0.1, 0.15) is 32.2 Å². The highest BCUT2D eigenvalue weighted by molar-refractivity contribution is 5.81. The molecule has 0 amide bonds. The summed E-state index contributed by atoms with van der Waals surface area (Å²) in [5.74, 6) is 0.682. The summed E-state index contributed by atoms with van der Waals surface area (Å²) in [4.78, 5) is 19.5. The van der Waals surface area contributed by atoms with Crippen LogP contribution in [0.3, 0.4) is 0 Å². The Morgan fingerprint density at radius 1 is 1.33 bits per heavy atom. The van der Waals surface area contributed by atoms with Gasteiger partial charge in [-0.15, -0.1) is 0 Å². The number of nitrogens with zero attached hydrogens (tertiary/aromatic N) is 1. The third-order valence-electron chi connectivity index (χ3n) is 2.91. The number of rotatable bonds is 2. The van der Waals surface area contributed by atoms with E-state index in [0.717, 1.165) is 5.56 Å². The lowest BCUT2D eigenvalue weighted by atomic mass is 9.95. The lowest BCUT2D eigenvalue weighted by Crippen LogP contribution is -2.22. The molecule has 0 fully saturated rings. The predicted octanol–water partition coefficient (Wildman–Crippen LogP) is 1.76. The molecular formula is C14H18N2O2. The third-order valence-corrected chi connectivity index (χ3v) is 2.91. The van der Waals surface area contributed by atoms with E-state index in [2.05, 4.69) is 9.97 Å². The highest BCUT2D eigenvalue weighted by Gasteiger charge is 2.18. The molecule has 0 bridgehead atoms. The monoisotopic (exact) mass is 246 g/mol. The van der Waals surface area contributed by atoms with E-state index in [-0.39, 0.29) is 17.6 Å². The van der Waals surface area contributed by atoms with Gasteiger partial charge in [0.05, 0.1) is 10.9 Å². The topological polar surface area (TPSA) is 66.0 Å². The lowest BCUT2D eigenvalue weighted by Gasteiger charge is -2.17. The number of aromatic nitrogens is 2. The quantitative estimate of drug-likeness (QED) is 0.848. The van der Waals surface area contributed by atoms with Crippen molar-refractivity contribution in [2.24, 2.45) is 0 Å². The SMILES string of the molecule is CC(C)(C)c1nc2cccc(CCO)c2c(=O)[nH]1. The van der Waals surface area contributed by atoms with Crippen molar-refractivity contribution in [2.45, 2.75) is 32.6 Å². The molecule has 0 unspecified atom stereocenters. The molecule has 0 spiro atoms. The van der Waals surface area contributed by atoms with Crippen molar-refractivity contribution in [2.75, 3.05) is 6.61 Å². The molecule has 4 nitrogen and oxygen atoms in total. The standard InChI is InChI=1S/C14H18N2O2/c1-14(2,3)13-15-10-6-4-5-9(7-8-17)11(10)12(18)16-13/h4-6,17H,7-8H2,1-3H3,(H,15,16,18). The van der Waals surface area contributed by atoms with Crippen molar-refractivity contribution in [3.8, 4) is 0 Å². The molecule has 0 aliphatic carbocycles. The maximum atomic E-state index is 12.2. The van der Waals surface area contributed by atoms with Gasteiger partial charge in [-0.3, -0.25) is 4.79 Å². The number of hydrogen-bond acceptors (Lipinski definition) is 3. The third kappa shape index (κ3) is 2.29. The fourth-order valence-electron chi connectivity index (χ4n) is 1.94. The van der Waals surface area contributed by atoms with Crippen LogP contribution in [-0.4, -0.2) is 21.7 Å². The van der Waals surface area contributed by atoms with Gasteiger partial charge in [-0.1, -0.05) is 32.9 Å². The summed E-state index contributed by atoms with van der Waals surface area (Å²) in [5.41, 5.74) is 1.20. The summed E-state index contributed by atoms with van der Waals surface area (Å²) in [6, 6.07) is 5.55. The zero-order valence-corrected chi connectivity index (χ0v) is 10.9. The van der Waals surface area contributed by atoms with Gasteiger partial charge in [-0.25, -0.2) is 4.98 Å². The van der Waals surface area contributed by atoms with Gasteiger partial charge in [0.1, 0.15) is 5.82 Å². The van der Waals surface area contributed by atoms with Crippen LogP contribution in [0, 0.1) is 0 Å². The Morgan fingerprint density at radius 3 is 2.67 bits per heavy atom. The molecular weight excluding hydrogens is 228 g/mol. The van der Waals surface area contributed by atoms with Crippen LogP contribution in [0.25, 0.3) is 10.9 Å². The molecule has 96 valence electrons. The van der Waals surface area contributed by atoms with Gasteiger partial charge < -0.3 is 10.1 Å². The number of fused-ring (bicyclic) bond motifs is 1. The number of aromatic amines is 1. The van der Waals surface area contributed by atoms with Gasteiger partial charge in [0.25, 0.3) is 5.56 Å². The number of benzene rings is 1. The fraction of sp³-hybridized carbons (Fsp3) is 0.429. The highest BCUT2D eigenvalue weighted by atomic mass is 16.3.